The lowest BCUT2D eigenvalue weighted by atomic mass is 10.1. The van der Waals surface area contributed by atoms with Crippen molar-refractivity contribution in [1.82, 2.24) is 0 Å². The van der Waals surface area contributed by atoms with E-state index < -0.39 is 11.6 Å². The van der Waals surface area contributed by atoms with E-state index >= 15 is 0 Å². The summed E-state index contributed by atoms with van der Waals surface area (Å²) in [4.78, 5) is 5.27. The van der Waals surface area contributed by atoms with Crippen molar-refractivity contribution in [2.24, 2.45) is 16.5 Å². The van der Waals surface area contributed by atoms with Crippen LogP contribution in [0, 0.1) is 11.6 Å². The van der Waals surface area contributed by atoms with Gasteiger partial charge in [0.1, 0.15) is 0 Å². The average molecular weight is 361 g/mol. The molecule has 0 aliphatic heterocycles. The molecule has 0 aliphatic rings. The third-order valence-electron chi connectivity index (χ3n) is 3.49. The van der Waals surface area contributed by atoms with Crippen molar-refractivity contribution < 1.29 is 8.78 Å². The summed E-state index contributed by atoms with van der Waals surface area (Å²) in [5.41, 5.74) is 14.3. The molecule has 6 heteroatoms. The molecule has 0 radical (unpaired) electrons. The molecule has 0 amide bonds. The minimum absolute atomic E-state index is 0.442. The maximum atomic E-state index is 13.4. The first kappa shape index (κ1) is 19.0. The number of hydrogen-bond acceptors (Lipinski definition) is 3. The van der Waals surface area contributed by atoms with Crippen molar-refractivity contribution in [3.8, 4) is 11.1 Å². The van der Waals surface area contributed by atoms with Gasteiger partial charge >= 0.3 is 0 Å². The van der Waals surface area contributed by atoms with Gasteiger partial charge in [-0.2, -0.15) is 0 Å². The quantitative estimate of drug-likeness (QED) is 0.426. The number of allylic oxidation sites excluding steroid dienone is 1. The zero-order valence-corrected chi connectivity index (χ0v) is 14.9. The van der Waals surface area contributed by atoms with E-state index in [-0.39, 0.29) is 0 Å². The van der Waals surface area contributed by atoms with Crippen LogP contribution in [0.25, 0.3) is 17.2 Å². The molecule has 0 spiro atoms. The highest BCUT2D eigenvalue weighted by Gasteiger charge is 2.08. The smallest absolute Gasteiger partial charge is 0.159 e. The summed E-state index contributed by atoms with van der Waals surface area (Å²) >= 11 is 1.48. The lowest BCUT2D eigenvalue weighted by molar-refractivity contribution is 0.509. The number of aliphatic imine (C=N–C) groups is 1. The van der Waals surface area contributed by atoms with Crippen LogP contribution >= 0.6 is 11.3 Å². The molecule has 1 aromatic carbocycles. The van der Waals surface area contributed by atoms with Gasteiger partial charge in [-0.15, -0.1) is 11.3 Å². The molecule has 0 fully saturated rings. The highest BCUT2D eigenvalue weighted by atomic mass is 32.1. The molecule has 0 aliphatic carbocycles. The second kappa shape index (κ2) is 8.69. The van der Waals surface area contributed by atoms with E-state index in [0.29, 0.717) is 23.6 Å². The van der Waals surface area contributed by atoms with Gasteiger partial charge in [0, 0.05) is 4.88 Å². The van der Waals surface area contributed by atoms with Crippen molar-refractivity contribution in [3.05, 3.63) is 64.0 Å². The third kappa shape index (κ3) is 5.34. The van der Waals surface area contributed by atoms with E-state index in [4.69, 9.17) is 11.5 Å². The lowest BCUT2D eigenvalue weighted by Crippen LogP contribution is -2.06. The molecule has 1 heterocycles. The topological polar surface area (TPSA) is 64.4 Å². The fraction of sp³-hybridized carbons (Fsp3) is 0.211. The summed E-state index contributed by atoms with van der Waals surface area (Å²) in [7, 11) is 0. The molecule has 0 atom stereocenters. The van der Waals surface area contributed by atoms with Crippen molar-refractivity contribution >= 4 is 23.2 Å². The lowest BCUT2D eigenvalue weighted by Gasteiger charge is -2.06. The van der Waals surface area contributed by atoms with Crippen LogP contribution in [0.1, 0.15) is 24.6 Å². The van der Waals surface area contributed by atoms with Crippen LogP contribution in [0.15, 0.2) is 52.5 Å². The molecule has 0 bridgehead atoms. The van der Waals surface area contributed by atoms with Crippen LogP contribution in [0.4, 0.5) is 8.78 Å². The molecule has 0 unspecified atom stereocenters. The van der Waals surface area contributed by atoms with Crippen LogP contribution in [-0.2, 0) is 0 Å². The molecule has 132 valence electrons. The van der Waals surface area contributed by atoms with Crippen molar-refractivity contribution in [3.63, 3.8) is 0 Å². The first-order chi connectivity index (χ1) is 11.9. The van der Waals surface area contributed by atoms with Crippen molar-refractivity contribution in [1.29, 1.82) is 0 Å². The summed E-state index contributed by atoms with van der Waals surface area (Å²) in [6, 6.07) is 5.76. The fourth-order valence-corrected chi connectivity index (χ4v) is 3.08. The van der Waals surface area contributed by atoms with E-state index in [1.165, 1.54) is 17.4 Å². The molecule has 3 nitrogen and oxygen atoms in total. The standard InChI is InChI=1S/C19H21F2N3S/c1-12(4-3-7-22)19(24-13(2)23)10-16-8-15(11-25-16)14-5-6-17(20)18(21)9-14/h5-6,8-11H,1,3-4,7,22H2,2H3,(H2,23,24)/b19-10-. The van der Waals surface area contributed by atoms with Crippen LogP contribution in [0.5, 0.6) is 0 Å². The van der Waals surface area contributed by atoms with Gasteiger partial charge in [0.05, 0.1) is 11.5 Å². The number of amidine groups is 1. The maximum absolute atomic E-state index is 13.4. The number of benzene rings is 1. The highest BCUT2D eigenvalue weighted by molar-refractivity contribution is 7.11. The van der Waals surface area contributed by atoms with Crippen LogP contribution < -0.4 is 11.5 Å². The fourth-order valence-electron chi connectivity index (χ4n) is 2.24. The largest absolute Gasteiger partial charge is 0.387 e. The van der Waals surface area contributed by atoms with E-state index in [9.17, 15) is 8.78 Å². The first-order valence-corrected chi connectivity index (χ1v) is 8.73. The average Bonchev–Trinajstić information content (AvgIpc) is 3.02. The first-order valence-electron chi connectivity index (χ1n) is 7.85. The summed E-state index contributed by atoms with van der Waals surface area (Å²) in [5, 5.41) is 1.89. The molecule has 4 N–H and O–H groups in total. The van der Waals surface area contributed by atoms with Gasteiger partial charge in [-0.05, 0) is 72.7 Å². The summed E-state index contributed by atoms with van der Waals surface area (Å²) in [5.74, 6) is -1.28. The van der Waals surface area contributed by atoms with Crippen molar-refractivity contribution in [2.45, 2.75) is 19.8 Å². The second-order valence-corrected chi connectivity index (χ2v) is 6.59. The SMILES string of the molecule is C=C(CCCN)/C(=C/c1cc(-c2ccc(F)c(F)c2)cs1)N=C(C)N. The summed E-state index contributed by atoms with van der Waals surface area (Å²) < 4.78 is 26.5. The van der Waals surface area contributed by atoms with Crippen LogP contribution in [0.3, 0.4) is 0 Å². The van der Waals surface area contributed by atoms with Gasteiger partial charge in [-0.1, -0.05) is 12.6 Å². The predicted molar refractivity (Wildman–Crippen MR) is 102 cm³/mol. The minimum atomic E-state index is -0.861. The number of nitrogens with zero attached hydrogens (tertiary/aromatic N) is 1. The Hall–Kier alpha value is -2.31. The Balaban J connectivity index is 2.31. The predicted octanol–water partition coefficient (Wildman–Crippen LogP) is 4.71. The molecule has 1 aromatic heterocycles. The third-order valence-corrected chi connectivity index (χ3v) is 4.37. The summed E-state index contributed by atoms with van der Waals surface area (Å²) in [6.07, 6.45) is 3.45. The zero-order valence-electron chi connectivity index (χ0n) is 14.1. The van der Waals surface area contributed by atoms with E-state index in [0.717, 1.165) is 34.9 Å². The number of rotatable bonds is 7. The molecule has 0 saturated heterocycles. The second-order valence-electron chi connectivity index (χ2n) is 5.65. The van der Waals surface area contributed by atoms with E-state index in [1.54, 1.807) is 13.0 Å². The van der Waals surface area contributed by atoms with Crippen LogP contribution in [0.2, 0.25) is 0 Å². The molecular formula is C19H21F2N3S. The number of hydrogen-bond donors (Lipinski definition) is 2. The number of thiophene rings is 1. The zero-order chi connectivity index (χ0) is 18.4. The monoisotopic (exact) mass is 361 g/mol. The van der Waals surface area contributed by atoms with Crippen LogP contribution in [-0.4, -0.2) is 12.4 Å². The van der Waals surface area contributed by atoms with Gasteiger partial charge in [0.25, 0.3) is 0 Å². The van der Waals surface area contributed by atoms with Crippen molar-refractivity contribution in [2.75, 3.05) is 6.54 Å². The Morgan fingerprint density at radius 3 is 2.64 bits per heavy atom. The highest BCUT2D eigenvalue weighted by Crippen LogP contribution is 2.29. The number of nitrogens with two attached hydrogens (primary N) is 2. The number of halogens is 2. The Kier molecular flexibility index (Phi) is 6.61. The van der Waals surface area contributed by atoms with Gasteiger partial charge < -0.3 is 11.5 Å². The van der Waals surface area contributed by atoms with E-state index in [1.807, 2.05) is 17.5 Å². The molecule has 2 aromatic rings. The van der Waals surface area contributed by atoms with Gasteiger partial charge in [-0.3, -0.25) is 0 Å². The van der Waals surface area contributed by atoms with Gasteiger partial charge in [-0.25, -0.2) is 13.8 Å². The molecular weight excluding hydrogens is 340 g/mol. The molecule has 25 heavy (non-hydrogen) atoms. The Morgan fingerprint density at radius 2 is 2.00 bits per heavy atom. The normalized spacial score (nSPS) is 12.5. The Morgan fingerprint density at radius 1 is 1.24 bits per heavy atom. The molecule has 0 saturated carbocycles. The van der Waals surface area contributed by atoms with Gasteiger partial charge in [0.2, 0.25) is 0 Å². The Labute approximate surface area is 150 Å². The minimum Gasteiger partial charge on any atom is -0.387 e. The molecule has 2 rings (SSSR count). The van der Waals surface area contributed by atoms with E-state index in [2.05, 4.69) is 11.6 Å². The van der Waals surface area contributed by atoms with Gasteiger partial charge in [0.15, 0.2) is 11.6 Å². The Bertz CT molecular complexity index is 818. The summed E-state index contributed by atoms with van der Waals surface area (Å²) in [6.45, 7) is 6.35. The maximum Gasteiger partial charge on any atom is 0.159 e.